The van der Waals surface area contributed by atoms with Crippen LogP contribution in [0, 0.1) is 0 Å². The number of unbranched alkanes of at least 4 members (excludes halogenated alkanes) is 1. The number of ether oxygens (including phenoxy) is 1. The van der Waals surface area contributed by atoms with Crippen LogP contribution in [0.25, 0.3) is 11.3 Å². The number of aromatic nitrogens is 1. The predicted molar refractivity (Wildman–Crippen MR) is 98.4 cm³/mol. The lowest BCUT2D eigenvalue weighted by Crippen LogP contribution is -2.13. The van der Waals surface area contributed by atoms with Gasteiger partial charge in [0.05, 0.1) is 12.3 Å². The first-order valence-corrected chi connectivity index (χ1v) is 8.46. The van der Waals surface area contributed by atoms with Crippen molar-refractivity contribution in [3.8, 4) is 22.8 Å². The molecule has 0 fully saturated rings. The number of hydrogen-bond acceptors (Lipinski definition) is 5. The zero-order valence-corrected chi connectivity index (χ0v) is 14.4. The lowest BCUT2D eigenvalue weighted by atomic mass is 10.1. The average Bonchev–Trinajstić information content (AvgIpc) is 3.14. The fourth-order valence-corrected chi connectivity index (χ4v) is 2.39. The second kappa shape index (κ2) is 8.20. The summed E-state index contributed by atoms with van der Waals surface area (Å²) in [6.45, 7) is 2.68. The number of anilines is 1. The largest absolute Gasteiger partial charge is 0.508 e. The lowest BCUT2D eigenvalue weighted by Gasteiger charge is -2.11. The van der Waals surface area contributed by atoms with Crippen molar-refractivity contribution >= 4 is 11.6 Å². The third kappa shape index (κ3) is 4.22. The van der Waals surface area contributed by atoms with Crippen LogP contribution in [-0.2, 0) is 0 Å². The summed E-state index contributed by atoms with van der Waals surface area (Å²) in [5.74, 6) is 0.735. The molecule has 3 rings (SSSR count). The minimum atomic E-state index is -0.397. The molecule has 0 saturated carbocycles. The molecule has 0 radical (unpaired) electrons. The van der Waals surface area contributed by atoms with Crippen LogP contribution in [0.3, 0.4) is 0 Å². The van der Waals surface area contributed by atoms with Gasteiger partial charge in [0.2, 0.25) is 0 Å². The SMILES string of the molecule is CCCCOc1ccccc1NC(=O)c1cc(-c2cccc(O)c2)on1. The first-order chi connectivity index (χ1) is 12.7. The van der Waals surface area contributed by atoms with Crippen molar-refractivity contribution in [2.75, 3.05) is 11.9 Å². The molecule has 0 saturated heterocycles. The van der Waals surface area contributed by atoms with Gasteiger partial charge in [-0.3, -0.25) is 4.79 Å². The highest BCUT2D eigenvalue weighted by Crippen LogP contribution is 2.26. The maximum atomic E-state index is 12.5. The minimum absolute atomic E-state index is 0.114. The smallest absolute Gasteiger partial charge is 0.277 e. The van der Waals surface area contributed by atoms with Gasteiger partial charge < -0.3 is 19.7 Å². The number of phenols is 1. The van der Waals surface area contributed by atoms with Gasteiger partial charge in [0, 0.05) is 11.6 Å². The normalized spacial score (nSPS) is 10.5. The van der Waals surface area contributed by atoms with Crippen molar-refractivity contribution in [1.29, 1.82) is 0 Å². The van der Waals surface area contributed by atoms with Crippen molar-refractivity contribution in [2.45, 2.75) is 19.8 Å². The van der Waals surface area contributed by atoms with E-state index in [1.54, 1.807) is 30.3 Å². The van der Waals surface area contributed by atoms with Crippen molar-refractivity contribution in [3.63, 3.8) is 0 Å². The van der Waals surface area contributed by atoms with Crippen LogP contribution < -0.4 is 10.1 Å². The Balaban J connectivity index is 1.73. The molecular formula is C20H20N2O4. The van der Waals surface area contributed by atoms with Gasteiger partial charge in [0.15, 0.2) is 11.5 Å². The Labute approximate surface area is 151 Å². The molecule has 6 nitrogen and oxygen atoms in total. The number of nitrogens with one attached hydrogen (secondary N) is 1. The molecule has 3 aromatic rings. The molecule has 26 heavy (non-hydrogen) atoms. The van der Waals surface area contributed by atoms with Gasteiger partial charge in [-0.2, -0.15) is 0 Å². The van der Waals surface area contributed by atoms with Crippen LogP contribution in [0.5, 0.6) is 11.5 Å². The second-order valence-electron chi connectivity index (χ2n) is 5.78. The van der Waals surface area contributed by atoms with E-state index in [1.807, 2.05) is 18.2 Å². The van der Waals surface area contributed by atoms with E-state index in [4.69, 9.17) is 9.26 Å². The van der Waals surface area contributed by atoms with E-state index in [2.05, 4.69) is 17.4 Å². The molecule has 1 amide bonds. The molecule has 0 bridgehead atoms. The Kier molecular flexibility index (Phi) is 5.53. The van der Waals surface area contributed by atoms with E-state index in [0.29, 0.717) is 29.4 Å². The Morgan fingerprint density at radius 3 is 2.85 bits per heavy atom. The van der Waals surface area contributed by atoms with Crippen molar-refractivity contribution < 1.29 is 19.2 Å². The molecular weight excluding hydrogens is 332 g/mol. The second-order valence-corrected chi connectivity index (χ2v) is 5.78. The summed E-state index contributed by atoms with van der Waals surface area (Å²) in [4.78, 5) is 12.5. The topological polar surface area (TPSA) is 84.6 Å². The number of aromatic hydroxyl groups is 1. The van der Waals surface area contributed by atoms with E-state index in [9.17, 15) is 9.90 Å². The molecule has 0 unspecified atom stereocenters. The molecule has 0 spiro atoms. The molecule has 0 aliphatic heterocycles. The molecule has 1 aromatic heterocycles. The lowest BCUT2D eigenvalue weighted by molar-refractivity contribution is 0.101. The first kappa shape index (κ1) is 17.5. The van der Waals surface area contributed by atoms with Gasteiger partial charge in [-0.1, -0.05) is 42.8 Å². The highest BCUT2D eigenvalue weighted by molar-refractivity contribution is 6.04. The molecule has 6 heteroatoms. The number of benzene rings is 2. The van der Waals surface area contributed by atoms with Crippen LogP contribution in [0.1, 0.15) is 30.3 Å². The number of para-hydroxylation sites is 2. The number of hydrogen-bond donors (Lipinski definition) is 2. The quantitative estimate of drug-likeness (QED) is 0.613. The summed E-state index contributed by atoms with van der Waals surface area (Å²) in [7, 11) is 0. The van der Waals surface area contributed by atoms with Gasteiger partial charge >= 0.3 is 0 Å². The Bertz CT molecular complexity index is 889. The zero-order valence-electron chi connectivity index (χ0n) is 14.4. The predicted octanol–water partition coefficient (Wildman–Crippen LogP) is 4.48. The zero-order chi connectivity index (χ0) is 18.4. The monoisotopic (exact) mass is 352 g/mol. The van der Waals surface area contributed by atoms with Gasteiger partial charge in [-0.05, 0) is 30.7 Å². The molecule has 1 heterocycles. The van der Waals surface area contributed by atoms with Crippen LogP contribution in [0.15, 0.2) is 59.1 Å². The molecule has 0 aliphatic rings. The van der Waals surface area contributed by atoms with Gasteiger partial charge in [0.1, 0.15) is 11.5 Å². The fourth-order valence-electron chi connectivity index (χ4n) is 2.39. The van der Waals surface area contributed by atoms with E-state index >= 15 is 0 Å². The number of rotatable bonds is 7. The van der Waals surface area contributed by atoms with E-state index in [1.165, 1.54) is 6.07 Å². The molecule has 134 valence electrons. The number of phenolic OH excluding ortho intramolecular Hbond substituents is 1. The third-order valence-electron chi connectivity index (χ3n) is 3.76. The van der Waals surface area contributed by atoms with Gasteiger partial charge in [-0.15, -0.1) is 0 Å². The summed E-state index contributed by atoms with van der Waals surface area (Å²) in [5, 5.41) is 16.2. The van der Waals surface area contributed by atoms with Crippen molar-refractivity contribution in [1.82, 2.24) is 5.16 Å². The summed E-state index contributed by atoms with van der Waals surface area (Å²) in [5.41, 5.74) is 1.36. The summed E-state index contributed by atoms with van der Waals surface area (Å²) < 4.78 is 10.9. The summed E-state index contributed by atoms with van der Waals surface area (Å²) in [6.07, 6.45) is 1.98. The Morgan fingerprint density at radius 1 is 1.19 bits per heavy atom. The highest BCUT2D eigenvalue weighted by atomic mass is 16.5. The van der Waals surface area contributed by atoms with E-state index in [-0.39, 0.29) is 11.4 Å². The Hall–Kier alpha value is -3.28. The first-order valence-electron chi connectivity index (χ1n) is 8.46. The number of nitrogens with zero attached hydrogens (tertiary/aromatic N) is 1. The van der Waals surface area contributed by atoms with Crippen molar-refractivity contribution in [3.05, 3.63) is 60.3 Å². The van der Waals surface area contributed by atoms with Gasteiger partial charge in [0.25, 0.3) is 5.91 Å². The number of carbonyl (C=O) groups excluding carboxylic acids is 1. The van der Waals surface area contributed by atoms with Crippen LogP contribution in [-0.4, -0.2) is 22.8 Å². The molecule has 0 aliphatic carbocycles. The number of amides is 1. The maximum Gasteiger partial charge on any atom is 0.277 e. The minimum Gasteiger partial charge on any atom is -0.508 e. The number of carbonyl (C=O) groups is 1. The van der Waals surface area contributed by atoms with Gasteiger partial charge in [-0.25, -0.2) is 0 Å². The van der Waals surface area contributed by atoms with Crippen LogP contribution >= 0.6 is 0 Å². The summed E-state index contributed by atoms with van der Waals surface area (Å²) >= 11 is 0. The van der Waals surface area contributed by atoms with Crippen LogP contribution in [0.4, 0.5) is 5.69 Å². The Morgan fingerprint density at radius 2 is 2.04 bits per heavy atom. The van der Waals surface area contributed by atoms with Crippen molar-refractivity contribution in [2.24, 2.45) is 0 Å². The molecule has 2 N–H and O–H groups in total. The van der Waals surface area contributed by atoms with Crippen LogP contribution in [0.2, 0.25) is 0 Å². The molecule has 0 atom stereocenters. The van der Waals surface area contributed by atoms with E-state index < -0.39 is 5.91 Å². The standard InChI is InChI=1S/C20H20N2O4/c1-2-3-11-25-18-10-5-4-9-16(18)21-20(24)17-13-19(26-22-17)14-7-6-8-15(23)12-14/h4-10,12-13,23H,2-3,11H2,1H3,(H,21,24). The highest BCUT2D eigenvalue weighted by Gasteiger charge is 2.16. The fraction of sp³-hybridized carbons (Fsp3) is 0.200. The summed E-state index contributed by atoms with van der Waals surface area (Å²) in [6, 6.07) is 15.3. The third-order valence-corrected chi connectivity index (χ3v) is 3.76. The van der Waals surface area contributed by atoms with E-state index in [0.717, 1.165) is 12.8 Å². The average molecular weight is 352 g/mol. The maximum absolute atomic E-state index is 12.5. The molecule has 2 aromatic carbocycles.